The van der Waals surface area contributed by atoms with Gasteiger partial charge in [0.1, 0.15) is 5.65 Å². The lowest BCUT2D eigenvalue weighted by Gasteiger charge is -2.07. The standard InChI is InChI=1S/C13H18ClN5/c1-9(2)5-16-13(15)17-6-11-8-19-7-10(14)3-4-12(19)18-11/h3-4,7-9H,5-6H2,1-2H3,(H3,15,16,17). The molecule has 0 saturated heterocycles. The Balaban J connectivity index is 2.03. The van der Waals surface area contributed by atoms with Crippen molar-refractivity contribution < 1.29 is 0 Å². The molecular formula is C13H18ClN5. The number of imidazole rings is 1. The molecule has 19 heavy (non-hydrogen) atoms. The lowest BCUT2D eigenvalue weighted by Crippen LogP contribution is -2.34. The third-order valence-corrected chi connectivity index (χ3v) is 2.79. The Morgan fingerprint density at radius 3 is 3.00 bits per heavy atom. The maximum Gasteiger partial charge on any atom is 0.188 e. The van der Waals surface area contributed by atoms with Gasteiger partial charge in [0.05, 0.1) is 17.3 Å². The van der Waals surface area contributed by atoms with Gasteiger partial charge in [-0.25, -0.2) is 9.98 Å². The first kappa shape index (κ1) is 13.7. The molecule has 0 unspecified atom stereocenters. The minimum atomic E-state index is 0.448. The van der Waals surface area contributed by atoms with Crippen molar-refractivity contribution in [3.05, 3.63) is 35.2 Å². The molecule has 0 aliphatic heterocycles. The van der Waals surface area contributed by atoms with Gasteiger partial charge in [0.15, 0.2) is 5.96 Å². The molecule has 0 amide bonds. The highest BCUT2D eigenvalue weighted by molar-refractivity contribution is 6.30. The van der Waals surface area contributed by atoms with E-state index in [1.807, 2.05) is 28.9 Å². The van der Waals surface area contributed by atoms with E-state index in [1.165, 1.54) is 0 Å². The summed E-state index contributed by atoms with van der Waals surface area (Å²) in [5.74, 6) is 0.981. The average Bonchev–Trinajstić information content (AvgIpc) is 2.75. The molecule has 0 bridgehead atoms. The van der Waals surface area contributed by atoms with Crippen LogP contribution < -0.4 is 11.1 Å². The number of hydrogen-bond acceptors (Lipinski definition) is 2. The van der Waals surface area contributed by atoms with E-state index in [0.29, 0.717) is 23.4 Å². The Morgan fingerprint density at radius 2 is 2.26 bits per heavy atom. The fraction of sp³-hybridized carbons (Fsp3) is 0.385. The Bertz CT molecular complexity index is 588. The molecule has 0 spiro atoms. The Labute approximate surface area is 117 Å². The van der Waals surface area contributed by atoms with E-state index in [9.17, 15) is 0 Å². The van der Waals surface area contributed by atoms with Gasteiger partial charge in [-0.05, 0) is 18.1 Å². The predicted molar refractivity (Wildman–Crippen MR) is 78.4 cm³/mol. The molecule has 2 aromatic heterocycles. The maximum absolute atomic E-state index is 5.92. The third-order valence-electron chi connectivity index (χ3n) is 2.57. The highest BCUT2D eigenvalue weighted by Gasteiger charge is 2.02. The number of guanidine groups is 1. The van der Waals surface area contributed by atoms with Crippen molar-refractivity contribution in [3.8, 4) is 0 Å². The van der Waals surface area contributed by atoms with Crippen LogP contribution in [-0.2, 0) is 6.54 Å². The van der Waals surface area contributed by atoms with E-state index < -0.39 is 0 Å². The minimum Gasteiger partial charge on any atom is -0.370 e. The van der Waals surface area contributed by atoms with Gasteiger partial charge >= 0.3 is 0 Å². The van der Waals surface area contributed by atoms with Crippen LogP contribution >= 0.6 is 11.6 Å². The molecule has 0 aliphatic rings. The van der Waals surface area contributed by atoms with Gasteiger partial charge in [0.25, 0.3) is 0 Å². The Morgan fingerprint density at radius 1 is 1.47 bits per heavy atom. The van der Waals surface area contributed by atoms with Crippen LogP contribution in [0.1, 0.15) is 19.5 Å². The number of rotatable bonds is 4. The van der Waals surface area contributed by atoms with Gasteiger partial charge in [0, 0.05) is 18.9 Å². The molecular weight excluding hydrogens is 262 g/mol. The van der Waals surface area contributed by atoms with Gasteiger partial charge in [-0.2, -0.15) is 0 Å². The zero-order valence-corrected chi connectivity index (χ0v) is 11.9. The topological polar surface area (TPSA) is 67.7 Å². The number of pyridine rings is 1. The van der Waals surface area contributed by atoms with Crippen molar-refractivity contribution in [2.45, 2.75) is 20.4 Å². The number of halogens is 1. The molecule has 0 fully saturated rings. The molecule has 3 N–H and O–H groups in total. The van der Waals surface area contributed by atoms with Gasteiger partial charge < -0.3 is 15.5 Å². The zero-order valence-electron chi connectivity index (χ0n) is 11.1. The number of aliphatic imine (C=N–C) groups is 1. The average molecular weight is 280 g/mol. The molecule has 0 aliphatic carbocycles. The van der Waals surface area contributed by atoms with Crippen LogP contribution in [0, 0.1) is 5.92 Å². The lowest BCUT2D eigenvalue weighted by atomic mass is 10.2. The second kappa shape index (κ2) is 5.93. The van der Waals surface area contributed by atoms with Crippen LogP contribution in [0.25, 0.3) is 5.65 Å². The van der Waals surface area contributed by atoms with Gasteiger partial charge in [-0.1, -0.05) is 25.4 Å². The molecule has 2 rings (SSSR count). The first-order valence-electron chi connectivity index (χ1n) is 6.21. The first-order chi connectivity index (χ1) is 9.04. The van der Waals surface area contributed by atoms with Crippen molar-refractivity contribution in [1.29, 1.82) is 0 Å². The molecule has 0 radical (unpaired) electrons. The zero-order chi connectivity index (χ0) is 13.8. The minimum absolute atomic E-state index is 0.448. The van der Waals surface area contributed by atoms with E-state index in [4.69, 9.17) is 17.3 Å². The van der Waals surface area contributed by atoms with Crippen LogP contribution in [0.3, 0.4) is 0 Å². The largest absolute Gasteiger partial charge is 0.370 e. The van der Waals surface area contributed by atoms with Crippen molar-refractivity contribution in [3.63, 3.8) is 0 Å². The molecule has 6 heteroatoms. The molecule has 0 atom stereocenters. The van der Waals surface area contributed by atoms with Crippen LogP contribution in [0.5, 0.6) is 0 Å². The summed E-state index contributed by atoms with van der Waals surface area (Å²) in [6.45, 7) is 5.50. The van der Waals surface area contributed by atoms with Crippen LogP contribution in [-0.4, -0.2) is 21.9 Å². The normalized spacial score (nSPS) is 12.3. The van der Waals surface area contributed by atoms with E-state index in [0.717, 1.165) is 17.9 Å². The summed E-state index contributed by atoms with van der Waals surface area (Å²) in [6.07, 6.45) is 3.72. The Kier molecular flexibility index (Phi) is 4.27. The second-order valence-corrected chi connectivity index (χ2v) is 5.26. The number of hydrogen-bond donors (Lipinski definition) is 2. The predicted octanol–water partition coefficient (Wildman–Crippen LogP) is 2.05. The van der Waals surface area contributed by atoms with E-state index in [1.54, 1.807) is 0 Å². The van der Waals surface area contributed by atoms with E-state index in [-0.39, 0.29) is 0 Å². The number of fused-ring (bicyclic) bond motifs is 1. The summed E-state index contributed by atoms with van der Waals surface area (Å²) in [5.41, 5.74) is 7.48. The SMILES string of the molecule is CC(C)CNC(N)=NCc1cn2cc(Cl)ccc2n1. The smallest absolute Gasteiger partial charge is 0.188 e. The van der Waals surface area contributed by atoms with Crippen LogP contribution in [0.15, 0.2) is 29.5 Å². The summed E-state index contributed by atoms with van der Waals surface area (Å²) in [6, 6.07) is 3.69. The highest BCUT2D eigenvalue weighted by atomic mass is 35.5. The lowest BCUT2D eigenvalue weighted by molar-refractivity contribution is 0.621. The molecule has 0 saturated carbocycles. The van der Waals surface area contributed by atoms with Gasteiger partial charge in [-0.3, -0.25) is 0 Å². The van der Waals surface area contributed by atoms with Crippen LogP contribution in [0.4, 0.5) is 0 Å². The number of nitrogens with one attached hydrogen (secondary N) is 1. The summed E-state index contributed by atoms with van der Waals surface area (Å²) in [7, 11) is 0. The van der Waals surface area contributed by atoms with Crippen molar-refractivity contribution >= 4 is 23.2 Å². The molecule has 2 heterocycles. The second-order valence-electron chi connectivity index (χ2n) is 4.82. The number of nitrogens with two attached hydrogens (primary N) is 1. The monoisotopic (exact) mass is 279 g/mol. The first-order valence-corrected chi connectivity index (χ1v) is 6.59. The molecule has 0 aromatic carbocycles. The summed E-state index contributed by atoms with van der Waals surface area (Å²) >= 11 is 5.92. The van der Waals surface area contributed by atoms with Crippen molar-refractivity contribution in [1.82, 2.24) is 14.7 Å². The third kappa shape index (κ3) is 3.86. The van der Waals surface area contributed by atoms with Gasteiger partial charge in [0.2, 0.25) is 0 Å². The summed E-state index contributed by atoms with van der Waals surface area (Å²) in [5, 5.41) is 3.75. The summed E-state index contributed by atoms with van der Waals surface area (Å²) < 4.78 is 1.88. The number of nitrogens with zero attached hydrogens (tertiary/aromatic N) is 3. The summed E-state index contributed by atoms with van der Waals surface area (Å²) in [4.78, 5) is 8.69. The quantitative estimate of drug-likeness (QED) is 0.665. The fourth-order valence-electron chi connectivity index (χ4n) is 1.62. The van der Waals surface area contributed by atoms with E-state index in [2.05, 4.69) is 29.1 Å². The Hall–Kier alpha value is -1.75. The number of aromatic nitrogens is 2. The molecule has 5 nitrogen and oxygen atoms in total. The molecule has 102 valence electrons. The highest BCUT2D eigenvalue weighted by Crippen LogP contribution is 2.12. The van der Waals surface area contributed by atoms with Gasteiger partial charge in [-0.15, -0.1) is 0 Å². The molecule has 2 aromatic rings. The van der Waals surface area contributed by atoms with Crippen molar-refractivity contribution in [2.24, 2.45) is 16.6 Å². The van der Waals surface area contributed by atoms with Crippen molar-refractivity contribution in [2.75, 3.05) is 6.54 Å². The van der Waals surface area contributed by atoms with Crippen LogP contribution in [0.2, 0.25) is 5.02 Å². The maximum atomic E-state index is 5.92. The fourth-order valence-corrected chi connectivity index (χ4v) is 1.79. The van der Waals surface area contributed by atoms with E-state index >= 15 is 0 Å².